The molecular weight excluding hydrogens is 342 g/mol. The van der Waals surface area contributed by atoms with Crippen LogP contribution in [0.3, 0.4) is 0 Å². The summed E-state index contributed by atoms with van der Waals surface area (Å²) in [6.07, 6.45) is 1.66. The van der Waals surface area contributed by atoms with Gasteiger partial charge in [-0.25, -0.2) is 8.42 Å². The molecule has 2 aromatic rings. The summed E-state index contributed by atoms with van der Waals surface area (Å²) in [5.41, 5.74) is 1.44. The lowest BCUT2D eigenvalue weighted by Gasteiger charge is -2.35. The van der Waals surface area contributed by atoms with Gasteiger partial charge in [0, 0.05) is 37.8 Å². The largest absolute Gasteiger partial charge is 0.480 e. The molecule has 0 amide bonds. The summed E-state index contributed by atoms with van der Waals surface area (Å²) in [6, 6.07) is 6.44. The number of pyridine rings is 1. The first kappa shape index (κ1) is 17.8. The number of rotatable bonds is 4. The van der Waals surface area contributed by atoms with Crippen molar-refractivity contribution in [2.24, 2.45) is 0 Å². The van der Waals surface area contributed by atoms with Crippen LogP contribution in [0.15, 0.2) is 35.4 Å². The van der Waals surface area contributed by atoms with E-state index in [1.807, 2.05) is 19.1 Å². The van der Waals surface area contributed by atoms with Crippen molar-refractivity contribution < 1.29 is 18.3 Å². The van der Waals surface area contributed by atoms with Gasteiger partial charge in [-0.15, -0.1) is 0 Å². The van der Waals surface area contributed by atoms with Crippen molar-refractivity contribution in [2.75, 3.05) is 26.2 Å². The van der Waals surface area contributed by atoms with Crippen LogP contribution in [0.5, 0.6) is 0 Å². The molecule has 1 aromatic heterocycles. The van der Waals surface area contributed by atoms with E-state index < -0.39 is 22.0 Å². The van der Waals surface area contributed by atoms with Crippen molar-refractivity contribution in [1.29, 1.82) is 0 Å². The second-order valence-corrected chi connectivity index (χ2v) is 8.20. The fourth-order valence-corrected chi connectivity index (χ4v) is 4.67. The van der Waals surface area contributed by atoms with Crippen LogP contribution in [-0.4, -0.2) is 65.9 Å². The highest BCUT2D eigenvalue weighted by molar-refractivity contribution is 7.89. The van der Waals surface area contributed by atoms with Crippen LogP contribution in [0, 0.1) is 6.92 Å². The lowest BCUT2D eigenvalue weighted by atomic mass is 10.2. The molecule has 0 saturated carbocycles. The second-order valence-electron chi connectivity index (χ2n) is 6.29. The van der Waals surface area contributed by atoms with Crippen LogP contribution in [0.2, 0.25) is 0 Å². The molecular formula is C17H21N3O4S. The lowest BCUT2D eigenvalue weighted by molar-refractivity contribution is -0.143. The Kier molecular flexibility index (Phi) is 4.77. The number of piperazine rings is 1. The summed E-state index contributed by atoms with van der Waals surface area (Å²) in [6.45, 7) is 4.85. The monoisotopic (exact) mass is 363 g/mol. The second kappa shape index (κ2) is 6.70. The maximum absolute atomic E-state index is 13.0. The molecule has 7 nitrogen and oxygen atoms in total. The number of para-hydroxylation sites is 1. The number of carboxylic acid groups (broad SMARTS) is 1. The zero-order chi connectivity index (χ0) is 18.2. The minimum atomic E-state index is -3.67. The number of aryl methyl sites for hydroxylation is 1. The van der Waals surface area contributed by atoms with E-state index in [1.165, 1.54) is 4.31 Å². The van der Waals surface area contributed by atoms with Gasteiger partial charge in [0.05, 0.1) is 5.52 Å². The van der Waals surface area contributed by atoms with Gasteiger partial charge in [-0.1, -0.05) is 12.1 Å². The summed E-state index contributed by atoms with van der Waals surface area (Å²) >= 11 is 0. The van der Waals surface area contributed by atoms with E-state index in [9.17, 15) is 13.2 Å². The van der Waals surface area contributed by atoms with Crippen molar-refractivity contribution in [3.8, 4) is 0 Å². The fourth-order valence-electron chi connectivity index (χ4n) is 3.08. The van der Waals surface area contributed by atoms with Gasteiger partial charge in [-0.2, -0.15) is 4.31 Å². The van der Waals surface area contributed by atoms with Gasteiger partial charge in [-0.3, -0.25) is 14.7 Å². The van der Waals surface area contributed by atoms with Crippen LogP contribution in [0.1, 0.15) is 12.5 Å². The number of aliphatic carboxylic acids is 1. The van der Waals surface area contributed by atoms with E-state index >= 15 is 0 Å². The van der Waals surface area contributed by atoms with E-state index in [-0.39, 0.29) is 18.0 Å². The molecule has 25 heavy (non-hydrogen) atoms. The van der Waals surface area contributed by atoms with Gasteiger partial charge >= 0.3 is 5.97 Å². The SMILES string of the molecule is Cc1cnc2c(S(=O)(=O)N3CCN(C(C)C(=O)O)CC3)cccc2c1. The minimum absolute atomic E-state index is 0.199. The highest BCUT2D eigenvalue weighted by Gasteiger charge is 2.32. The third-order valence-corrected chi connectivity index (χ3v) is 6.54. The van der Waals surface area contributed by atoms with Gasteiger partial charge in [0.25, 0.3) is 0 Å². The molecule has 134 valence electrons. The van der Waals surface area contributed by atoms with Crippen LogP contribution >= 0.6 is 0 Å². The Bertz CT molecular complexity index is 905. The Morgan fingerprint density at radius 3 is 2.56 bits per heavy atom. The van der Waals surface area contributed by atoms with Gasteiger partial charge in [0.1, 0.15) is 10.9 Å². The first-order valence-corrected chi connectivity index (χ1v) is 9.57. The van der Waals surface area contributed by atoms with Gasteiger partial charge in [-0.05, 0) is 31.5 Å². The third-order valence-electron chi connectivity index (χ3n) is 4.61. The number of benzene rings is 1. The molecule has 1 aliphatic rings. The predicted octanol–water partition coefficient (Wildman–Crippen LogP) is 1.32. The molecule has 0 aliphatic carbocycles. The standard InChI is InChI=1S/C17H21N3O4S/c1-12-10-14-4-3-5-15(16(14)18-11-12)25(23,24)20-8-6-19(7-9-20)13(2)17(21)22/h3-5,10-11,13H,6-9H2,1-2H3,(H,21,22). The Morgan fingerprint density at radius 1 is 1.24 bits per heavy atom. The third kappa shape index (κ3) is 3.37. The zero-order valence-electron chi connectivity index (χ0n) is 14.2. The van der Waals surface area contributed by atoms with Crippen molar-refractivity contribution in [3.63, 3.8) is 0 Å². The number of sulfonamides is 1. The van der Waals surface area contributed by atoms with Gasteiger partial charge < -0.3 is 5.11 Å². The van der Waals surface area contributed by atoms with Crippen LogP contribution in [0.4, 0.5) is 0 Å². The average Bonchev–Trinajstić information content (AvgIpc) is 2.60. The normalized spacial score (nSPS) is 18.3. The van der Waals surface area contributed by atoms with Crippen molar-refractivity contribution in [2.45, 2.75) is 24.8 Å². The number of nitrogens with zero attached hydrogens (tertiary/aromatic N) is 3. The number of carbonyl (C=O) groups is 1. The quantitative estimate of drug-likeness (QED) is 0.881. The summed E-state index contributed by atoms with van der Waals surface area (Å²) in [4.78, 5) is 17.4. The van der Waals surface area contributed by atoms with Crippen LogP contribution in [-0.2, 0) is 14.8 Å². The van der Waals surface area contributed by atoms with Gasteiger partial charge in [0.2, 0.25) is 10.0 Å². The number of hydrogen-bond donors (Lipinski definition) is 1. The molecule has 1 unspecified atom stereocenters. The van der Waals surface area contributed by atoms with Crippen LogP contribution in [0.25, 0.3) is 10.9 Å². The van der Waals surface area contributed by atoms with Crippen LogP contribution < -0.4 is 0 Å². The molecule has 1 aromatic carbocycles. The van der Waals surface area contributed by atoms with E-state index in [0.29, 0.717) is 18.6 Å². The smallest absolute Gasteiger partial charge is 0.320 e. The highest BCUT2D eigenvalue weighted by Crippen LogP contribution is 2.25. The topological polar surface area (TPSA) is 90.8 Å². The lowest BCUT2D eigenvalue weighted by Crippen LogP contribution is -2.53. The molecule has 0 spiro atoms. The Balaban J connectivity index is 1.88. The number of carboxylic acids is 1. The fraction of sp³-hybridized carbons (Fsp3) is 0.412. The Morgan fingerprint density at radius 2 is 1.92 bits per heavy atom. The summed E-state index contributed by atoms with van der Waals surface area (Å²) in [7, 11) is -3.67. The molecule has 1 fully saturated rings. The van der Waals surface area contributed by atoms with Crippen molar-refractivity contribution in [1.82, 2.24) is 14.2 Å². The first-order valence-electron chi connectivity index (χ1n) is 8.13. The van der Waals surface area contributed by atoms with E-state index in [0.717, 1.165) is 10.9 Å². The van der Waals surface area contributed by atoms with E-state index in [4.69, 9.17) is 5.11 Å². The number of fused-ring (bicyclic) bond motifs is 1. The Labute approximate surface area is 146 Å². The molecule has 1 N–H and O–H groups in total. The zero-order valence-corrected chi connectivity index (χ0v) is 15.0. The van der Waals surface area contributed by atoms with Crippen molar-refractivity contribution >= 4 is 26.9 Å². The minimum Gasteiger partial charge on any atom is -0.480 e. The highest BCUT2D eigenvalue weighted by atomic mass is 32.2. The summed E-state index contributed by atoms with van der Waals surface area (Å²) in [5.74, 6) is -0.898. The molecule has 0 radical (unpaired) electrons. The Hall–Kier alpha value is -2.03. The van der Waals surface area contributed by atoms with Gasteiger partial charge in [0.15, 0.2) is 0 Å². The molecule has 2 heterocycles. The molecule has 0 bridgehead atoms. The summed E-state index contributed by atoms with van der Waals surface area (Å²) in [5, 5.41) is 9.89. The number of aromatic nitrogens is 1. The summed E-state index contributed by atoms with van der Waals surface area (Å²) < 4.78 is 27.5. The molecule has 1 saturated heterocycles. The first-order chi connectivity index (χ1) is 11.8. The van der Waals surface area contributed by atoms with E-state index in [1.54, 1.807) is 30.2 Å². The molecule has 8 heteroatoms. The van der Waals surface area contributed by atoms with Crippen molar-refractivity contribution in [3.05, 3.63) is 36.0 Å². The number of hydrogen-bond acceptors (Lipinski definition) is 5. The maximum Gasteiger partial charge on any atom is 0.320 e. The molecule has 1 aliphatic heterocycles. The molecule has 3 rings (SSSR count). The average molecular weight is 363 g/mol. The molecule has 1 atom stereocenters. The maximum atomic E-state index is 13.0. The predicted molar refractivity (Wildman–Crippen MR) is 93.9 cm³/mol. The van der Waals surface area contributed by atoms with E-state index in [2.05, 4.69) is 4.98 Å².